The number of fused-ring (bicyclic) bond motifs is 1. The largest absolute Gasteiger partial charge is 0.291 e. The molecule has 20 heavy (non-hydrogen) atoms. The average Bonchev–Trinajstić information content (AvgIpc) is 3.00. The zero-order chi connectivity index (χ0) is 14.3. The van der Waals surface area contributed by atoms with Gasteiger partial charge in [0.2, 0.25) is 0 Å². The van der Waals surface area contributed by atoms with Gasteiger partial charge in [0.25, 0.3) is 5.56 Å². The number of aromatic nitrogens is 2. The van der Waals surface area contributed by atoms with E-state index in [-0.39, 0.29) is 17.9 Å². The predicted molar refractivity (Wildman–Crippen MR) is 85.0 cm³/mol. The molecule has 0 bridgehead atoms. The molecule has 7 heteroatoms. The molecule has 3 aromatic rings. The average molecular weight is 369 g/mol. The van der Waals surface area contributed by atoms with Gasteiger partial charge in [-0.3, -0.25) is 14.2 Å². The minimum Gasteiger partial charge on any atom is -0.291 e. The molecule has 0 aliphatic heterocycles. The second-order valence-electron chi connectivity index (χ2n) is 4.29. The second kappa shape index (κ2) is 5.23. The van der Waals surface area contributed by atoms with Crippen LogP contribution in [0.1, 0.15) is 15.2 Å². The van der Waals surface area contributed by atoms with Gasteiger partial charge in [0.1, 0.15) is 4.70 Å². The number of hydrogen-bond donors (Lipinski definition) is 0. The van der Waals surface area contributed by atoms with Gasteiger partial charge < -0.3 is 0 Å². The summed E-state index contributed by atoms with van der Waals surface area (Å²) in [7, 11) is 0. The maximum atomic E-state index is 12.3. The predicted octanol–water partition coefficient (Wildman–Crippen LogP) is 3.47. The van der Waals surface area contributed by atoms with Crippen molar-refractivity contribution in [2.24, 2.45) is 0 Å². The van der Waals surface area contributed by atoms with E-state index >= 15 is 0 Å². The van der Waals surface area contributed by atoms with Gasteiger partial charge in [0.15, 0.2) is 5.78 Å². The lowest BCUT2D eigenvalue weighted by molar-refractivity contribution is 0.0974. The molecule has 4 nitrogen and oxygen atoms in total. The molecule has 0 spiro atoms. The minimum atomic E-state index is -0.158. The van der Waals surface area contributed by atoms with Gasteiger partial charge in [-0.1, -0.05) is 0 Å². The van der Waals surface area contributed by atoms with E-state index in [1.54, 1.807) is 0 Å². The van der Waals surface area contributed by atoms with Gasteiger partial charge in [-0.05, 0) is 45.2 Å². The van der Waals surface area contributed by atoms with Crippen LogP contribution in [-0.2, 0) is 6.54 Å². The maximum absolute atomic E-state index is 12.3. The van der Waals surface area contributed by atoms with E-state index in [1.807, 2.05) is 23.8 Å². The molecule has 102 valence electrons. The van der Waals surface area contributed by atoms with Crippen LogP contribution in [0.3, 0.4) is 0 Å². The molecule has 3 heterocycles. The number of Topliss-reactive ketones (excluding diaryl/α,β-unsaturated/α-hetero) is 1. The van der Waals surface area contributed by atoms with Crippen molar-refractivity contribution in [2.45, 2.75) is 13.5 Å². The Morgan fingerprint density at radius 2 is 2.25 bits per heavy atom. The van der Waals surface area contributed by atoms with Crippen LogP contribution < -0.4 is 5.56 Å². The first-order valence-electron chi connectivity index (χ1n) is 5.77. The SMILES string of the molecule is Cc1csc2c(=O)n(CC(=O)c3sccc3Br)cnc12. The number of thiophene rings is 2. The van der Waals surface area contributed by atoms with Crippen LogP contribution in [0.15, 0.2) is 32.4 Å². The van der Waals surface area contributed by atoms with E-state index in [2.05, 4.69) is 20.9 Å². The lowest BCUT2D eigenvalue weighted by Gasteiger charge is -2.04. The highest BCUT2D eigenvalue weighted by Gasteiger charge is 2.15. The summed E-state index contributed by atoms with van der Waals surface area (Å²) in [5.41, 5.74) is 1.55. The number of ketones is 1. The van der Waals surface area contributed by atoms with E-state index in [1.165, 1.54) is 33.6 Å². The van der Waals surface area contributed by atoms with Crippen molar-refractivity contribution in [1.82, 2.24) is 9.55 Å². The van der Waals surface area contributed by atoms with Crippen molar-refractivity contribution in [3.63, 3.8) is 0 Å². The molecule has 0 aliphatic rings. The molecular weight excluding hydrogens is 360 g/mol. The van der Waals surface area contributed by atoms with E-state index in [9.17, 15) is 9.59 Å². The summed E-state index contributed by atoms with van der Waals surface area (Å²) in [6.07, 6.45) is 1.45. The first-order chi connectivity index (χ1) is 9.58. The summed E-state index contributed by atoms with van der Waals surface area (Å²) in [6, 6.07) is 1.82. The Balaban J connectivity index is 2.00. The highest BCUT2D eigenvalue weighted by atomic mass is 79.9. The van der Waals surface area contributed by atoms with E-state index < -0.39 is 0 Å². The van der Waals surface area contributed by atoms with Crippen molar-refractivity contribution < 1.29 is 4.79 Å². The van der Waals surface area contributed by atoms with E-state index in [4.69, 9.17) is 0 Å². The fraction of sp³-hybridized carbons (Fsp3) is 0.154. The third kappa shape index (κ3) is 2.25. The monoisotopic (exact) mass is 368 g/mol. The molecule has 0 atom stereocenters. The number of carbonyl (C=O) groups is 1. The van der Waals surface area contributed by atoms with Crippen LogP contribution in [0.25, 0.3) is 10.2 Å². The number of rotatable bonds is 3. The van der Waals surface area contributed by atoms with Crippen LogP contribution in [0.5, 0.6) is 0 Å². The zero-order valence-electron chi connectivity index (χ0n) is 10.4. The van der Waals surface area contributed by atoms with Crippen molar-refractivity contribution in [1.29, 1.82) is 0 Å². The standard InChI is InChI=1S/C13H9BrN2O2S2/c1-7-5-20-12-10(7)15-6-16(13(12)18)4-9(17)11-8(14)2-3-19-11/h2-3,5-6H,4H2,1H3. The summed E-state index contributed by atoms with van der Waals surface area (Å²) in [5, 5.41) is 3.74. The summed E-state index contributed by atoms with van der Waals surface area (Å²) < 4.78 is 2.73. The third-order valence-corrected chi connectivity index (χ3v) is 5.86. The normalized spacial score (nSPS) is 11.1. The third-order valence-electron chi connectivity index (χ3n) is 2.91. The highest BCUT2D eigenvalue weighted by Crippen LogP contribution is 2.24. The fourth-order valence-electron chi connectivity index (χ4n) is 1.89. The Labute approximate surface area is 130 Å². The number of carbonyl (C=O) groups excluding carboxylic acids is 1. The molecule has 0 amide bonds. The zero-order valence-corrected chi connectivity index (χ0v) is 13.6. The number of halogens is 1. The van der Waals surface area contributed by atoms with Gasteiger partial charge in [-0.25, -0.2) is 4.98 Å². The van der Waals surface area contributed by atoms with Gasteiger partial charge in [0.05, 0.1) is 23.3 Å². The quantitative estimate of drug-likeness (QED) is 0.665. The van der Waals surface area contributed by atoms with Crippen LogP contribution >= 0.6 is 38.6 Å². The van der Waals surface area contributed by atoms with Gasteiger partial charge in [-0.15, -0.1) is 22.7 Å². The summed E-state index contributed by atoms with van der Waals surface area (Å²) in [5.74, 6) is -0.0941. The summed E-state index contributed by atoms with van der Waals surface area (Å²) in [4.78, 5) is 29.4. The minimum absolute atomic E-state index is 0.0117. The molecule has 0 saturated carbocycles. The van der Waals surface area contributed by atoms with Crippen molar-refractivity contribution in [3.8, 4) is 0 Å². The Kier molecular flexibility index (Phi) is 3.57. The molecule has 3 aromatic heterocycles. The molecular formula is C13H9BrN2O2S2. The Morgan fingerprint density at radius 3 is 2.95 bits per heavy atom. The van der Waals surface area contributed by atoms with Crippen LogP contribution in [0.4, 0.5) is 0 Å². The molecule has 0 fully saturated rings. The van der Waals surface area contributed by atoms with Gasteiger partial charge >= 0.3 is 0 Å². The molecule has 0 unspecified atom stereocenters. The van der Waals surface area contributed by atoms with Crippen LogP contribution in [-0.4, -0.2) is 15.3 Å². The smallest absolute Gasteiger partial charge is 0.271 e. The number of hydrogen-bond acceptors (Lipinski definition) is 5. The number of nitrogens with zero attached hydrogens (tertiary/aromatic N) is 2. The first kappa shape index (κ1) is 13.7. The number of aryl methyl sites for hydroxylation is 1. The van der Waals surface area contributed by atoms with Crippen molar-refractivity contribution >= 4 is 54.6 Å². The molecule has 0 aliphatic carbocycles. The Morgan fingerprint density at radius 1 is 1.45 bits per heavy atom. The maximum Gasteiger partial charge on any atom is 0.271 e. The van der Waals surface area contributed by atoms with Gasteiger partial charge in [-0.2, -0.15) is 0 Å². The molecule has 3 rings (SSSR count). The second-order valence-corrected chi connectivity index (χ2v) is 6.95. The highest BCUT2D eigenvalue weighted by molar-refractivity contribution is 9.10. The molecule has 0 radical (unpaired) electrons. The van der Waals surface area contributed by atoms with Gasteiger partial charge in [0, 0.05) is 4.47 Å². The van der Waals surface area contributed by atoms with E-state index in [0.29, 0.717) is 9.58 Å². The van der Waals surface area contributed by atoms with Crippen molar-refractivity contribution in [2.75, 3.05) is 0 Å². The topological polar surface area (TPSA) is 52.0 Å². The lowest BCUT2D eigenvalue weighted by atomic mass is 10.3. The summed E-state index contributed by atoms with van der Waals surface area (Å²) >= 11 is 6.06. The molecule has 0 aromatic carbocycles. The fourth-order valence-corrected chi connectivity index (χ4v) is 4.37. The first-order valence-corrected chi connectivity index (χ1v) is 8.32. The Hall–Kier alpha value is -1.31. The van der Waals surface area contributed by atoms with E-state index in [0.717, 1.165) is 15.6 Å². The Bertz CT molecular complexity index is 863. The molecule has 0 N–H and O–H groups in total. The molecule has 0 saturated heterocycles. The summed E-state index contributed by atoms with van der Waals surface area (Å²) in [6.45, 7) is 1.93. The van der Waals surface area contributed by atoms with Crippen molar-refractivity contribution in [3.05, 3.63) is 48.4 Å². The van der Waals surface area contributed by atoms with Crippen LogP contribution in [0.2, 0.25) is 0 Å². The van der Waals surface area contributed by atoms with Crippen LogP contribution in [0, 0.1) is 6.92 Å². The lowest BCUT2D eigenvalue weighted by Crippen LogP contribution is -2.23.